The molecule has 1 N–H and O–H groups in total. The van der Waals surface area contributed by atoms with E-state index in [1.54, 1.807) is 31.4 Å². The predicted molar refractivity (Wildman–Crippen MR) is 131 cm³/mol. The topological polar surface area (TPSA) is 75.7 Å². The van der Waals surface area contributed by atoms with Crippen LogP contribution in [0.5, 0.6) is 5.75 Å². The molecule has 0 fully saturated rings. The maximum Gasteiger partial charge on any atom is 0.232 e. The largest absolute Gasteiger partial charge is 0.496 e. The van der Waals surface area contributed by atoms with Crippen LogP contribution < -0.4 is 14.4 Å². The lowest BCUT2D eigenvalue weighted by molar-refractivity contribution is -0.121. The van der Waals surface area contributed by atoms with Crippen molar-refractivity contribution in [1.82, 2.24) is 5.32 Å². The van der Waals surface area contributed by atoms with Gasteiger partial charge in [0.1, 0.15) is 5.75 Å². The Labute approximate surface area is 197 Å². The molecule has 32 heavy (non-hydrogen) atoms. The van der Waals surface area contributed by atoms with Crippen molar-refractivity contribution in [3.8, 4) is 5.75 Å². The highest BCUT2D eigenvalue weighted by Gasteiger charge is 2.19. The molecule has 1 atom stereocenters. The number of aryl methyl sites for hydroxylation is 1. The molecular weight excluding hydrogens is 448 g/mol. The third-order valence-electron chi connectivity index (χ3n) is 5.36. The summed E-state index contributed by atoms with van der Waals surface area (Å²) in [5.41, 5.74) is 3.72. The fourth-order valence-electron chi connectivity index (χ4n) is 3.68. The van der Waals surface area contributed by atoms with Crippen molar-refractivity contribution in [1.29, 1.82) is 0 Å². The molecule has 1 unspecified atom stereocenters. The number of nitrogens with zero attached hydrogens (tertiary/aromatic N) is 1. The lowest BCUT2D eigenvalue weighted by Gasteiger charge is -2.23. The average Bonchev–Trinajstić information content (AvgIpc) is 2.70. The summed E-state index contributed by atoms with van der Waals surface area (Å²) in [5.74, 6) is 1.02. The number of nitrogens with one attached hydrogen (secondary N) is 1. The summed E-state index contributed by atoms with van der Waals surface area (Å²) < 4.78 is 31.2. The van der Waals surface area contributed by atoms with Crippen LogP contribution in [0.1, 0.15) is 62.3 Å². The van der Waals surface area contributed by atoms with Crippen molar-refractivity contribution in [2.24, 2.45) is 0 Å². The lowest BCUT2D eigenvalue weighted by atomic mass is 9.93. The number of hydrogen-bond donors (Lipinski definition) is 1. The molecule has 0 saturated heterocycles. The van der Waals surface area contributed by atoms with Crippen molar-refractivity contribution in [2.75, 3.05) is 24.2 Å². The Morgan fingerprint density at radius 3 is 2.28 bits per heavy atom. The van der Waals surface area contributed by atoms with Gasteiger partial charge in [-0.15, -0.1) is 0 Å². The number of ether oxygens (including phenoxy) is 1. The fraction of sp³-hybridized carbons (Fsp3) is 0.458. The molecule has 0 radical (unpaired) electrons. The molecule has 0 heterocycles. The van der Waals surface area contributed by atoms with Gasteiger partial charge >= 0.3 is 0 Å². The zero-order valence-electron chi connectivity index (χ0n) is 19.6. The Kier molecular flexibility index (Phi) is 8.98. The van der Waals surface area contributed by atoms with E-state index in [1.807, 2.05) is 19.9 Å². The van der Waals surface area contributed by atoms with Crippen LogP contribution in [-0.2, 0) is 14.8 Å². The third-order valence-corrected chi connectivity index (χ3v) is 6.81. The van der Waals surface area contributed by atoms with Crippen LogP contribution in [-0.4, -0.2) is 34.2 Å². The molecule has 1 amide bonds. The maximum atomic E-state index is 12.6. The van der Waals surface area contributed by atoms with Crippen molar-refractivity contribution in [3.05, 3.63) is 58.1 Å². The van der Waals surface area contributed by atoms with E-state index in [0.717, 1.165) is 28.7 Å². The second-order valence-corrected chi connectivity index (χ2v) is 10.7. The summed E-state index contributed by atoms with van der Waals surface area (Å²) in [6.07, 6.45) is 1.77. The van der Waals surface area contributed by atoms with Crippen LogP contribution in [0.25, 0.3) is 0 Å². The Hall–Kier alpha value is -2.25. The number of carbonyl (C=O) groups is 1. The van der Waals surface area contributed by atoms with Gasteiger partial charge < -0.3 is 10.1 Å². The molecule has 8 heteroatoms. The van der Waals surface area contributed by atoms with Gasteiger partial charge in [-0.1, -0.05) is 25.4 Å². The van der Waals surface area contributed by atoms with E-state index in [2.05, 4.69) is 25.2 Å². The number of amides is 1. The Balaban J connectivity index is 2.03. The molecule has 2 aromatic rings. The predicted octanol–water partition coefficient (Wildman–Crippen LogP) is 5.20. The summed E-state index contributed by atoms with van der Waals surface area (Å²) in [5, 5.41) is 3.57. The van der Waals surface area contributed by atoms with Crippen molar-refractivity contribution in [3.63, 3.8) is 0 Å². The molecule has 0 bridgehead atoms. The van der Waals surface area contributed by atoms with E-state index in [-0.39, 0.29) is 24.9 Å². The van der Waals surface area contributed by atoms with Crippen molar-refractivity contribution >= 4 is 33.2 Å². The fourth-order valence-corrected chi connectivity index (χ4v) is 4.77. The molecule has 0 aliphatic heterocycles. The van der Waals surface area contributed by atoms with Gasteiger partial charge in [0.25, 0.3) is 0 Å². The first kappa shape index (κ1) is 26.0. The van der Waals surface area contributed by atoms with Gasteiger partial charge in [-0.2, -0.15) is 0 Å². The smallest absolute Gasteiger partial charge is 0.232 e. The van der Waals surface area contributed by atoms with E-state index in [1.165, 1.54) is 4.31 Å². The number of benzene rings is 2. The first-order chi connectivity index (χ1) is 14.9. The molecule has 0 saturated carbocycles. The highest BCUT2D eigenvalue weighted by atomic mass is 35.5. The summed E-state index contributed by atoms with van der Waals surface area (Å²) in [6, 6.07) is 10.5. The molecular formula is C24H33ClN2O4S. The zero-order chi connectivity index (χ0) is 24.1. The van der Waals surface area contributed by atoms with Crippen LogP contribution in [0.2, 0.25) is 5.02 Å². The van der Waals surface area contributed by atoms with E-state index < -0.39 is 10.0 Å². The highest BCUT2D eigenvalue weighted by molar-refractivity contribution is 7.92. The third kappa shape index (κ3) is 6.87. The minimum Gasteiger partial charge on any atom is -0.496 e. The normalized spacial score (nSPS) is 12.5. The summed E-state index contributed by atoms with van der Waals surface area (Å²) >= 11 is 5.90. The summed E-state index contributed by atoms with van der Waals surface area (Å²) in [4.78, 5) is 12.6. The zero-order valence-corrected chi connectivity index (χ0v) is 21.2. The second-order valence-electron chi connectivity index (χ2n) is 8.31. The van der Waals surface area contributed by atoms with Gasteiger partial charge in [-0.3, -0.25) is 9.10 Å². The lowest BCUT2D eigenvalue weighted by Crippen LogP contribution is -2.32. The number of hydrogen-bond acceptors (Lipinski definition) is 4. The molecule has 0 aromatic heterocycles. The quantitative estimate of drug-likeness (QED) is 0.506. The van der Waals surface area contributed by atoms with Crippen LogP contribution >= 0.6 is 11.6 Å². The standard InChI is InChI=1S/C24H33ClN2O4S/c1-16(2)21-15-22(17(3)14-23(21)31-5)18(4)26-24(28)8-7-13-27(32(6,29)30)20-11-9-19(25)10-12-20/h9-12,14-16,18H,7-8,13H2,1-6H3,(H,26,28). The van der Waals surface area contributed by atoms with Gasteiger partial charge in [-0.05, 0) is 79.3 Å². The second kappa shape index (κ2) is 11.1. The van der Waals surface area contributed by atoms with E-state index in [4.69, 9.17) is 16.3 Å². The summed E-state index contributed by atoms with van der Waals surface area (Å²) in [6.45, 7) is 8.37. The van der Waals surface area contributed by atoms with Gasteiger partial charge in [0.2, 0.25) is 15.9 Å². The van der Waals surface area contributed by atoms with Crippen LogP contribution in [0, 0.1) is 6.92 Å². The van der Waals surface area contributed by atoms with Gasteiger partial charge in [-0.25, -0.2) is 8.42 Å². The Morgan fingerprint density at radius 2 is 1.75 bits per heavy atom. The molecule has 176 valence electrons. The molecule has 6 nitrogen and oxygen atoms in total. The molecule has 0 aliphatic carbocycles. The van der Waals surface area contributed by atoms with E-state index >= 15 is 0 Å². The van der Waals surface area contributed by atoms with Crippen LogP contribution in [0.3, 0.4) is 0 Å². The monoisotopic (exact) mass is 480 g/mol. The molecule has 0 aliphatic rings. The van der Waals surface area contributed by atoms with E-state index in [9.17, 15) is 13.2 Å². The van der Waals surface area contributed by atoms with Gasteiger partial charge in [0.15, 0.2) is 0 Å². The van der Waals surface area contributed by atoms with Gasteiger partial charge in [0.05, 0.1) is 25.1 Å². The van der Waals surface area contributed by atoms with Crippen LogP contribution in [0.4, 0.5) is 5.69 Å². The average molecular weight is 481 g/mol. The van der Waals surface area contributed by atoms with E-state index in [0.29, 0.717) is 23.0 Å². The molecule has 2 aromatic carbocycles. The minimum absolute atomic E-state index is 0.122. The van der Waals surface area contributed by atoms with Gasteiger partial charge in [0, 0.05) is 18.0 Å². The SMILES string of the molecule is COc1cc(C)c(C(C)NC(=O)CCCN(c2ccc(Cl)cc2)S(C)(=O)=O)cc1C(C)C. The first-order valence-corrected chi connectivity index (χ1v) is 12.9. The number of halogens is 1. The maximum absolute atomic E-state index is 12.6. The highest BCUT2D eigenvalue weighted by Crippen LogP contribution is 2.32. The number of anilines is 1. The molecule has 0 spiro atoms. The number of methoxy groups -OCH3 is 1. The van der Waals surface area contributed by atoms with Crippen molar-refractivity contribution in [2.45, 2.75) is 52.5 Å². The van der Waals surface area contributed by atoms with Crippen molar-refractivity contribution < 1.29 is 17.9 Å². The number of sulfonamides is 1. The first-order valence-electron chi connectivity index (χ1n) is 10.6. The minimum atomic E-state index is -3.47. The number of rotatable bonds is 10. The summed E-state index contributed by atoms with van der Waals surface area (Å²) in [7, 11) is -1.81. The Morgan fingerprint density at radius 1 is 1.12 bits per heavy atom. The molecule has 2 rings (SSSR count). The number of carbonyl (C=O) groups excluding carboxylic acids is 1. The Bertz CT molecular complexity index is 1040. The van der Waals surface area contributed by atoms with Crippen LogP contribution in [0.15, 0.2) is 36.4 Å².